The van der Waals surface area contributed by atoms with Crippen LogP contribution in [0.1, 0.15) is 16.1 Å². The molecule has 1 saturated heterocycles. The van der Waals surface area contributed by atoms with E-state index in [9.17, 15) is 18.8 Å². The van der Waals surface area contributed by atoms with Crippen LogP contribution in [-0.2, 0) is 23.2 Å². The summed E-state index contributed by atoms with van der Waals surface area (Å²) >= 11 is 3.22. The number of benzene rings is 1. The summed E-state index contributed by atoms with van der Waals surface area (Å²) in [4.78, 5) is 39.9. The number of halogens is 2. The van der Waals surface area contributed by atoms with Crippen molar-refractivity contribution in [2.24, 2.45) is 7.05 Å². The average Bonchev–Trinajstić information content (AvgIpc) is 3.03. The largest absolute Gasteiger partial charge is 0.342 e. The zero-order valence-corrected chi connectivity index (χ0v) is 16.6. The first-order valence-electron chi connectivity index (χ1n) is 8.53. The molecule has 0 spiro atoms. The summed E-state index contributed by atoms with van der Waals surface area (Å²) in [6, 6.07) is 5.31. The highest BCUT2D eigenvalue weighted by atomic mass is 79.9. The van der Waals surface area contributed by atoms with Crippen LogP contribution in [0.25, 0.3) is 0 Å². The van der Waals surface area contributed by atoms with Crippen LogP contribution >= 0.6 is 15.9 Å². The molecule has 0 radical (unpaired) electrons. The van der Waals surface area contributed by atoms with E-state index in [2.05, 4.69) is 31.6 Å². The van der Waals surface area contributed by atoms with Crippen molar-refractivity contribution in [2.45, 2.75) is 6.54 Å². The molecule has 9 nitrogen and oxygen atoms in total. The van der Waals surface area contributed by atoms with E-state index in [0.717, 1.165) is 0 Å². The van der Waals surface area contributed by atoms with Crippen molar-refractivity contribution < 1.29 is 18.8 Å². The second kappa shape index (κ2) is 8.46. The lowest BCUT2D eigenvalue weighted by atomic mass is 10.1. The number of hydrogen-bond donors (Lipinski definition) is 1. The highest BCUT2D eigenvalue weighted by Crippen LogP contribution is 2.12. The maximum absolute atomic E-state index is 13.0. The normalized spacial score (nSPS) is 14.1. The maximum Gasteiger partial charge on any atom is 0.312 e. The second-order valence-electron chi connectivity index (χ2n) is 6.22. The van der Waals surface area contributed by atoms with Crippen LogP contribution < -0.4 is 5.32 Å². The smallest absolute Gasteiger partial charge is 0.312 e. The Labute approximate surface area is 168 Å². The predicted molar refractivity (Wildman–Crippen MR) is 99.4 cm³/mol. The van der Waals surface area contributed by atoms with E-state index >= 15 is 0 Å². The van der Waals surface area contributed by atoms with Crippen LogP contribution in [0.3, 0.4) is 0 Å². The van der Waals surface area contributed by atoms with Gasteiger partial charge in [-0.15, -0.1) is 5.10 Å². The van der Waals surface area contributed by atoms with E-state index in [0.29, 0.717) is 29.0 Å². The summed E-state index contributed by atoms with van der Waals surface area (Å²) in [5.41, 5.74) is 1.02. The molecule has 1 aliphatic heterocycles. The summed E-state index contributed by atoms with van der Waals surface area (Å²) in [5, 5.41) is 10.2. The molecule has 1 aliphatic rings. The predicted octanol–water partition coefficient (Wildman–Crippen LogP) is 0.317. The summed E-state index contributed by atoms with van der Waals surface area (Å²) < 4.78 is 15.0. The average molecular weight is 453 g/mol. The van der Waals surface area contributed by atoms with Gasteiger partial charge in [0.2, 0.25) is 0 Å². The Bertz CT molecular complexity index is 873. The van der Waals surface area contributed by atoms with Gasteiger partial charge in [0, 0.05) is 38.8 Å². The second-order valence-corrected chi connectivity index (χ2v) is 6.98. The zero-order chi connectivity index (χ0) is 20.3. The molecule has 11 heteroatoms. The van der Waals surface area contributed by atoms with Crippen molar-refractivity contribution in [3.05, 3.63) is 45.9 Å². The fourth-order valence-corrected chi connectivity index (χ4v) is 3.28. The molecule has 2 heterocycles. The number of carbonyl (C=O) groups is 3. The Morgan fingerprint density at radius 3 is 2.29 bits per heavy atom. The van der Waals surface area contributed by atoms with Gasteiger partial charge in [0.15, 0.2) is 4.60 Å². The molecule has 0 atom stereocenters. The highest BCUT2D eigenvalue weighted by molar-refractivity contribution is 9.10. The molecule has 3 rings (SSSR count). The number of amides is 3. The van der Waals surface area contributed by atoms with Gasteiger partial charge in [-0.2, -0.15) is 0 Å². The maximum atomic E-state index is 13.0. The summed E-state index contributed by atoms with van der Waals surface area (Å²) in [5.74, 6) is -2.02. The molecule has 0 aliphatic carbocycles. The number of nitrogens with one attached hydrogen (secondary N) is 1. The first-order chi connectivity index (χ1) is 13.4. The van der Waals surface area contributed by atoms with Gasteiger partial charge in [-0.1, -0.05) is 5.21 Å². The van der Waals surface area contributed by atoms with Crippen molar-refractivity contribution in [1.82, 2.24) is 30.1 Å². The van der Waals surface area contributed by atoms with E-state index in [1.54, 1.807) is 11.9 Å². The molecule has 0 unspecified atom stereocenters. The van der Waals surface area contributed by atoms with Crippen molar-refractivity contribution >= 4 is 33.7 Å². The van der Waals surface area contributed by atoms with Crippen LogP contribution in [0, 0.1) is 5.82 Å². The lowest BCUT2D eigenvalue weighted by Gasteiger charge is -2.34. The number of carbonyl (C=O) groups excluding carboxylic acids is 3. The molecule has 148 valence electrons. The number of piperazine rings is 1. The molecule has 28 heavy (non-hydrogen) atoms. The molecule has 2 aromatic rings. The van der Waals surface area contributed by atoms with Crippen LogP contribution in [0.15, 0.2) is 28.9 Å². The van der Waals surface area contributed by atoms with E-state index in [4.69, 9.17) is 0 Å². The summed E-state index contributed by atoms with van der Waals surface area (Å²) in [6.07, 6.45) is 0. The first kappa shape index (κ1) is 19.9. The van der Waals surface area contributed by atoms with Gasteiger partial charge < -0.3 is 15.1 Å². The van der Waals surface area contributed by atoms with Gasteiger partial charge in [0.1, 0.15) is 5.82 Å². The Hall–Kier alpha value is -2.82. The fraction of sp³-hybridized carbons (Fsp3) is 0.353. The number of rotatable bonds is 3. The molecule has 1 N–H and O–H groups in total. The molecule has 1 aromatic heterocycles. The van der Waals surface area contributed by atoms with E-state index < -0.39 is 17.6 Å². The Morgan fingerprint density at radius 2 is 1.71 bits per heavy atom. The minimum atomic E-state index is -0.730. The standard InChI is InChI=1S/C17H18BrFN6O3/c1-23-13(14(18)21-22-23)10-20-15(26)17(28)25-8-6-24(7-9-25)16(27)11-2-4-12(19)5-3-11/h2-5H,6-10H2,1H3,(H,20,26). The SMILES string of the molecule is Cn1nnc(Br)c1CNC(=O)C(=O)N1CCN(C(=O)c2ccc(F)cc2)CC1. The monoisotopic (exact) mass is 452 g/mol. The van der Waals surface area contributed by atoms with E-state index in [-0.39, 0.29) is 25.5 Å². The highest BCUT2D eigenvalue weighted by Gasteiger charge is 2.28. The fourth-order valence-electron chi connectivity index (χ4n) is 2.81. The Morgan fingerprint density at radius 1 is 1.11 bits per heavy atom. The third-order valence-electron chi connectivity index (χ3n) is 4.45. The number of nitrogens with zero attached hydrogens (tertiary/aromatic N) is 5. The van der Waals surface area contributed by atoms with Gasteiger partial charge in [-0.3, -0.25) is 14.4 Å². The molecule has 1 fully saturated rings. The molecular formula is C17H18BrFN6O3. The summed E-state index contributed by atoms with van der Waals surface area (Å²) in [7, 11) is 1.68. The quantitative estimate of drug-likeness (QED) is 0.675. The number of aromatic nitrogens is 3. The van der Waals surface area contributed by atoms with Crippen LogP contribution in [0.4, 0.5) is 4.39 Å². The van der Waals surface area contributed by atoms with E-state index in [1.165, 1.54) is 33.8 Å². The molecule has 0 saturated carbocycles. The lowest BCUT2D eigenvalue weighted by Crippen LogP contribution is -2.53. The first-order valence-corrected chi connectivity index (χ1v) is 9.32. The topological polar surface area (TPSA) is 100 Å². The van der Waals surface area contributed by atoms with Gasteiger partial charge in [0.05, 0.1) is 12.2 Å². The van der Waals surface area contributed by atoms with E-state index in [1.807, 2.05) is 0 Å². The summed E-state index contributed by atoms with van der Waals surface area (Å²) in [6.45, 7) is 1.20. The van der Waals surface area contributed by atoms with Crippen LogP contribution in [0.5, 0.6) is 0 Å². The minimum absolute atomic E-state index is 0.109. The Balaban J connectivity index is 1.51. The van der Waals surface area contributed by atoms with Crippen LogP contribution in [0.2, 0.25) is 0 Å². The molecule has 3 amide bonds. The van der Waals surface area contributed by atoms with Crippen LogP contribution in [-0.4, -0.2) is 68.7 Å². The van der Waals surface area contributed by atoms with Crippen molar-refractivity contribution in [2.75, 3.05) is 26.2 Å². The molecule has 0 bridgehead atoms. The van der Waals surface area contributed by atoms with Gasteiger partial charge in [-0.05, 0) is 40.2 Å². The third kappa shape index (κ3) is 4.35. The minimum Gasteiger partial charge on any atom is -0.342 e. The van der Waals surface area contributed by atoms with Gasteiger partial charge in [-0.25, -0.2) is 9.07 Å². The molecular weight excluding hydrogens is 435 g/mol. The Kier molecular flexibility index (Phi) is 6.02. The van der Waals surface area contributed by atoms with Gasteiger partial charge >= 0.3 is 11.8 Å². The third-order valence-corrected chi connectivity index (χ3v) is 5.07. The number of aryl methyl sites for hydroxylation is 1. The zero-order valence-electron chi connectivity index (χ0n) is 15.1. The van der Waals surface area contributed by atoms with Crippen molar-refractivity contribution in [3.63, 3.8) is 0 Å². The van der Waals surface area contributed by atoms with Crippen molar-refractivity contribution in [1.29, 1.82) is 0 Å². The number of hydrogen-bond acceptors (Lipinski definition) is 5. The lowest BCUT2D eigenvalue weighted by molar-refractivity contribution is -0.146. The molecule has 1 aromatic carbocycles. The van der Waals surface area contributed by atoms with Gasteiger partial charge in [0.25, 0.3) is 5.91 Å². The van der Waals surface area contributed by atoms with Crippen molar-refractivity contribution in [3.8, 4) is 0 Å².